The fourth-order valence-electron chi connectivity index (χ4n) is 1.42. The summed E-state index contributed by atoms with van der Waals surface area (Å²) in [6.07, 6.45) is 0. The van der Waals surface area contributed by atoms with Crippen molar-refractivity contribution in [3.8, 4) is 0 Å². The Kier molecular flexibility index (Phi) is 4.95. The van der Waals surface area contributed by atoms with E-state index < -0.39 is 5.92 Å². The van der Waals surface area contributed by atoms with E-state index in [1.807, 2.05) is 27.7 Å². The maximum Gasteiger partial charge on any atom is 0.272 e. The van der Waals surface area contributed by atoms with Crippen molar-refractivity contribution in [2.24, 2.45) is 0 Å². The van der Waals surface area contributed by atoms with Gasteiger partial charge in [0.05, 0.1) is 13.1 Å². The Hall–Kier alpha value is -0.220. The minimum atomic E-state index is -2.65. The van der Waals surface area contributed by atoms with Crippen LogP contribution in [0.2, 0.25) is 0 Å². The number of halogens is 2. The Bertz CT molecular complexity index is 164. The summed E-state index contributed by atoms with van der Waals surface area (Å²) in [5.41, 5.74) is -0.202. The second kappa shape index (κ2) is 5.03. The summed E-state index contributed by atoms with van der Waals surface area (Å²) in [7, 11) is 1.54. The van der Waals surface area contributed by atoms with Gasteiger partial charge in [-0.1, -0.05) is 6.92 Å². The molecule has 2 nitrogen and oxygen atoms in total. The van der Waals surface area contributed by atoms with Crippen molar-refractivity contribution in [2.75, 3.05) is 26.7 Å². The zero-order valence-electron chi connectivity index (χ0n) is 9.82. The molecule has 0 spiro atoms. The Labute approximate surface area is 85.7 Å². The molecule has 4 heteroatoms. The fourth-order valence-corrected chi connectivity index (χ4v) is 1.42. The first-order valence-corrected chi connectivity index (χ1v) is 5.00. The van der Waals surface area contributed by atoms with Crippen molar-refractivity contribution in [3.63, 3.8) is 0 Å². The summed E-state index contributed by atoms with van der Waals surface area (Å²) in [5, 5.41) is 2.51. The summed E-state index contributed by atoms with van der Waals surface area (Å²) in [6.45, 7) is 7.95. The second-order valence-electron chi connectivity index (χ2n) is 4.57. The second-order valence-corrected chi connectivity index (χ2v) is 4.57. The van der Waals surface area contributed by atoms with E-state index in [0.29, 0.717) is 6.54 Å². The zero-order chi connectivity index (χ0) is 11.4. The first kappa shape index (κ1) is 13.8. The van der Waals surface area contributed by atoms with Gasteiger partial charge in [-0.2, -0.15) is 0 Å². The third-order valence-electron chi connectivity index (χ3n) is 2.19. The smallest absolute Gasteiger partial charge is 0.272 e. The lowest BCUT2D eigenvalue weighted by Gasteiger charge is -2.37. The van der Waals surface area contributed by atoms with Crippen LogP contribution in [0.4, 0.5) is 8.78 Å². The molecule has 0 unspecified atom stereocenters. The van der Waals surface area contributed by atoms with Crippen LogP contribution in [0, 0.1) is 0 Å². The molecule has 0 fully saturated rings. The number of nitrogens with zero attached hydrogens (tertiary/aromatic N) is 1. The van der Waals surface area contributed by atoms with Gasteiger partial charge in [-0.15, -0.1) is 0 Å². The molecule has 0 rings (SSSR count). The highest BCUT2D eigenvalue weighted by molar-refractivity contribution is 4.81. The predicted molar refractivity (Wildman–Crippen MR) is 55.9 cm³/mol. The Morgan fingerprint density at radius 1 is 1.21 bits per heavy atom. The summed E-state index contributed by atoms with van der Waals surface area (Å²) in [4.78, 5) is 1.78. The van der Waals surface area contributed by atoms with E-state index in [4.69, 9.17) is 0 Å². The normalized spacial score (nSPS) is 13.7. The minimum Gasteiger partial charge on any atom is -0.314 e. The number of hydrogen-bond acceptors (Lipinski definition) is 2. The van der Waals surface area contributed by atoms with Gasteiger partial charge in [0.2, 0.25) is 0 Å². The van der Waals surface area contributed by atoms with E-state index in [2.05, 4.69) is 5.32 Å². The highest BCUT2D eigenvalue weighted by atomic mass is 19.3. The Balaban J connectivity index is 4.31. The summed E-state index contributed by atoms with van der Waals surface area (Å²) in [6, 6.07) is 0. The molecule has 0 saturated carbocycles. The lowest BCUT2D eigenvalue weighted by atomic mass is 10.1. The largest absolute Gasteiger partial charge is 0.314 e. The van der Waals surface area contributed by atoms with Gasteiger partial charge in [0, 0.05) is 5.54 Å². The van der Waals surface area contributed by atoms with Gasteiger partial charge in [0.1, 0.15) is 0 Å². The van der Waals surface area contributed by atoms with Crippen LogP contribution in [0.1, 0.15) is 27.7 Å². The molecule has 0 aliphatic heterocycles. The first-order valence-electron chi connectivity index (χ1n) is 5.00. The minimum absolute atomic E-state index is 0.187. The molecule has 0 aromatic carbocycles. The molecule has 0 atom stereocenters. The van der Waals surface area contributed by atoms with Crippen LogP contribution in [-0.2, 0) is 0 Å². The average Bonchev–Trinajstić information content (AvgIpc) is 1.98. The van der Waals surface area contributed by atoms with Crippen molar-refractivity contribution in [1.29, 1.82) is 0 Å². The van der Waals surface area contributed by atoms with E-state index in [1.165, 1.54) is 0 Å². The van der Waals surface area contributed by atoms with Gasteiger partial charge in [0.25, 0.3) is 5.92 Å². The monoisotopic (exact) mass is 208 g/mol. The number of rotatable bonds is 5. The molecule has 86 valence electrons. The SMILES string of the molecule is CCN(CC(F)(F)CNC)C(C)(C)C. The van der Waals surface area contributed by atoms with E-state index >= 15 is 0 Å². The molecular formula is C10H22F2N2. The van der Waals surface area contributed by atoms with Gasteiger partial charge in [0.15, 0.2) is 0 Å². The molecule has 0 saturated heterocycles. The first-order chi connectivity index (χ1) is 6.23. The Morgan fingerprint density at radius 3 is 2.00 bits per heavy atom. The lowest BCUT2D eigenvalue weighted by molar-refractivity contribution is -0.0490. The third-order valence-corrected chi connectivity index (χ3v) is 2.19. The van der Waals surface area contributed by atoms with Crippen molar-refractivity contribution >= 4 is 0 Å². The van der Waals surface area contributed by atoms with Gasteiger partial charge < -0.3 is 5.32 Å². The fraction of sp³-hybridized carbons (Fsp3) is 1.00. The predicted octanol–water partition coefficient (Wildman–Crippen LogP) is 1.96. The number of alkyl halides is 2. The highest BCUT2D eigenvalue weighted by Crippen LogP contribution is 2.20. The molecule has 0 aromatic rings. The molecule has 0 amide bonds. The van der Waals surface area contributed by atoms with Crippen LogP contribution < -0.4 is 5.32 Å². The van der Waals surface area contributed by atoms with Crippen LogP contribution in [-0.4, -0.2) is 43.0 Å². The van der Waals surface area contributed by atoms with Crippen molar-refractivity contribution in [3.05, 3.63) is 0 Å². The van der Waals surface area contributed by atoms with Crippen LogP contribution in [0.5, 0.6) is 0 Å². The van der Waals surface area contributed by atoms with Gasteiger partial charge in [-0.25, -0.2) is 8.78 Å². The summed E-state index contributed by atoms with van der Waals surface area (Å²) in [5.74, 6) is -2.65. The summed E-state index contributed by atoms with van der Waals surface area (Å²) >= 11 is 0. The zero-order valence-corrected chi connectivity index (χ0v) is 9.82. The average molecular weight is 208 g/mol. The van der Waals surface area contributed by atoms with Gasteiger partial charge >= 0.3 is 0 Å². The molecule has 0 aromatic heterocycles. The molecule has 1 N–H and O–H groups in total. The Morgan fingerprint density at radius 2 is 1.71 bits per heavy atom. The molecule has 14 heavy (non-hydrogen) atoms. The standard InChI is InChI=1S/C10H22F2N2/c1-6-14(9(2,3)4)8-10(11,12)7-13-5/h13H,6-8H2,1-5H3. The summed E-state index contributed by atoms with van der Waals surface area (Å²) < 4.78 is 26.6. The van der Waals surface area contributed by atoms with E-state index in [1.54, 1.807) is 11.9 Å². The van der Waals surface area contributed by atoms with Crippen LogP contribution in [0.25, 0.3) is 0 Å². The van der Waals surface area contributed by atoms with Crippen molar-refractivity contribution in [2.45, 2.75) is 39.2 Å². The van der Waals surface area contributed by atoms with Crippen LogP contribution >= 0.6 is 0 Å². The quantitative estimate of drug-likeness (QED) is 0.743. The lowest BCUT2D eigenvalue weighted by Crippen LogP contribution is -2.50. The van der Waals surface area contributed by atoms with E-state index in [0.717, 1.165) is 0 Å². The van der Waals surface area contributed by atoms with Gasteiger partial charge in [-0.3, -0.25) is 4.90 Å². The number of nitrogens with one attached hydrogen (secondary N) is 1. The molecule has 0 heterocycles. The van der Waals surface area contributed by atoms with Crippen LogP contribution in [0.3, 0.4) is 0 Å². The van der Waals surface area contributed by atoms with E-state index in [-0.39, 0.29) is 18.6 Å². The molecule has 0 aliphatic rings. The van der Waals surface area contributed by atoms with Crippen LogP contribution in [0.15, 0.2) is 0 Å². The number of hydrogen-bond donors (Lipinski definition) is 1. The molecular weight excluding hydrogens is 186 g/mol. The molecule has 0 aliphatic carbocycles. The molecule has 0 bridgehead atoms. The van der Waals surface area contributed by atoms with Crippen molar-refractivity contribution < 1.29 is 8.78 Å². The maximum absolute atomic E-state index is 13.3. The van der Waals surface area contributed by atoms with Gasteiger partial charge in [-0.05, 0) is 34.4 Å². The maximum atomic E-state index is 13.3. The third kappa shape index (κ3) is 4.86. The van der Waals surface area contributed by atoms with Crippen molar-refractivity contribution in [1.82, 2.24) is 10.2 Å². The highest BCUT2D eigenvalue weighted by Gasteiger charge is 2.34. The topological polar surface area (TPSA) is 15.3 Å². The van der Waals surface area contributed by atoms with E-state index in [9.17, 15) is 8.78 Å². The molecule has 0 radical (unpaired) electrons.